The highest BCUT2D eigenvalue weighted by molar-refractivity contribution is 6.31. The number of methoxy groups -OCH3 is 1. The number of rotatable bonds is 5. The molecule has 0 saturated carbocycles. The zero-order valence-corrected chi connectivity index (χ0v) is 14.4. The molecule has 0 aromatic heterocycles. The van der Waals surface area contributed by atoms with Gasteiger partial charge in [0, 0.05) is 5.02 Å². The summed E-state index contributed by atoms with van der Waals surface area (Å²) in [5.41, 5.74) is 2.89. The van der Waals surface area contributed by atoms with Gasteiger partial charge in [0.25, 0.3) is 5.91 Å². The molecule has 0 aliphatic rings. The van der Waals surface area contributed by atoms with Crippen molar-refractivity contribution in [3.05, 3.63) is 58.1 Å². The predicted octanol–water partition coefficient (Wildman–Crippen LogP) is 3.76. The van der Waals surface area contributed by atoms with Crippen molar-refractivity contribution in [2.24, 2.45) is 0 Å². The maximum absolute atomic E-state index is 12.0. The summed E-state index contributed by atoms with van der Waals surface area (Å²) < 4.78 is 10.2. The molecule has 0 unspecified atom stereocenters. The van der Waals surface area contributed by atoms with Gasteiger partial charge < -0.3 is 14.8 Å². The first kappa shape index (κ1) is 17.8. The molecule has 0 heterocycles. The number of anilines is 1. The maximum atomic E-state index is 12.0. The maximum Gasteiger partial charge on any atom is 0.338 e. The first-order valence-electron chi connectivity index (χ1n) is 7.28. The van der Waals surface area contributed by atoms with Gasteiger partial charge >= 0.3 is 5.97 Å². The van der Waals surface area contributed by atoms with E-state index in [0.717, 1.165) is 11.1 Å². The van der Waals surface area contributed by atoms with Crippen LogP contribution < -0.4 is 10.1 Å². The minimum absolute atomic E-state index is 0.401. The molecule has 0 aliphatic heterocycles. The van der Waals surface area contributed by atoms with Crippen molar-refractivity contribution in [1.29, 1.82) is 0 Å². The summed E-state index contributed by atoms with van der Waals surface area (Å²) in [6.45, 7) is 3.46. The smallest absolute Gasteiger partial charge is 0.338 e. The predicted molar refractivity (Wildman–Crippen MR) is 92.8 cm³/mol. The molecule has 2 aromatic rings. The third kappa shape index (κ3) is 4.49. The Kier molecular flexibility index (Phi) is 5.82. The molecule has 5 nitrogen and oxygen atoms in total. The Morgan fingerprint density at radius 1 is 1.08 bits per heavy atom. The molecular weight excluding hydrogens is 330 g/mol. The molecule has 0 bridgehead atoms. The number of carbonyl (C=O) groups excluding carboxylic acids is 2. The molecule has 24 heavy (non-hydrogen) atoms. The van der Waals surface area contributed by atoms with E-state index in [1.807, 2.05) is 19.9 Å². The fourth-order valence-electron chi connectivity index (χ4n) is 2.05. The van der Waals surface area contributed by atoms with Crippen molar-refractivity contribution in [2.75, 3.05) is 19.0 Å². The van der Waals surface area contributed by atoms with Crippen LogP contribution in [-0.2, 0) is 9.53 Å². The van der Waals surface area contributed by atoms with Crippen LogP contribution in [0.4, 0.5) is 5.69 Å². The molecular formula is C18H18ClNO4. The Bertz CT molecular complexity index is 774. The van der Waals surface area contributed by atoms with Crippen LogP contribution in [0, 0.1) is 13.8 Å². The topological polar surface area (TPSA) is 64.6 Å². The highest BCUT2D eigenvalue weighted by Gasteiger charge is 2.13. The number of ether oxygens (including phenoxy) is 2. The normalized spacial score (nSPS) is 10.2. The van der Waals surface area contributed by atoms with Crippen LogP contribution in [0.25, 0.3) is 0 Å². The van der Waals surface area contributed by atoms with Gasteiger partial charge in [-0.1, -0.05) is 17.7 Å². The third-order valence-corrected chi connectivity index (χ3v) is 3.75. The Morgan fingerprint density at radius 2 is 1.83 bits per heavy atom. The van der Waals surface area contributed by atoms with Crippen LogP contribution in [0.5, 0.6) is 5.75 Å². The Hall–Kier alpha value is -2.53. The SMILES string of the molecule is COc1ccc(Cl)cc1NC(=O)COC(=O)c1ccc(C)c(C)c1. The van der Waals surface area contributed by atoms with Crippen molar-refractivity contribution < 1.29 is 19.1 Å². The second kappa shape index (κ2) is 7.84. The van der Waals surface area contributed by atoms with Gasteiger partial charge in [-0.25, -0.2) is 4.79 Å². The van der Waals surface area contributed by atoms with E-state index in [1.165, 1.54) is 7.11 Å². The van der Waals surface area contributed by atoms with Crippen molar-refractivity contribution >= 4 is 29.2 Å². The molecule has 0 saturated heterocycles. The van der Waals surface area contributed by atoms with Crippen LogP contribution in [0.3, 0.4) is 0 Å². The Balaban J connectivity index is 1.97. The van der Waals surface area contributed by atoms with Gasteiger partial charge in [0.2, 0.25) is 0 Å². The van der Waals surface area contributed by atoms with Crippen molar-refractivity contribution in [3.63, 3.8) is 0 Å². The zero-order valence-electron chi connectivity index (χ0n) is 13.7. The van der Waals surface area contributed by atoms with Crippen LogP contribution in [0.2, 0.25) is 5.02 Å². The summed E-state index contributed by atoms with van der Waals surface area (Å²) in [6.07, 6.45) is 0. The molecule has 0 aliphatic carbocycles. The minimum atomic E-state index is -0.550. The van der Waals surface area contributed by atoms with Crippen LogP contribution >= 0.6 is 11.6 Å². The summed E-state index contributed by atoms with van der Waals surface area (Å²) in [6, 6.07) is 10.1. The summed E-state index contributed by atoms with van der Waals surface area (Å²) in [7, 11) is 1.48. The molecule has 126 valence electrons. The number of benzene rings is 2. The molecule has 0 fully saturated rings. The number of amides is 1. The lowest BCUT2D eigenvalue weighted by molar-refractivity contribution is -0.119. The van der Waals surface area contributed by atoms with Crippen molar-refractivity contribution in [1.82, 2.24) is 0 Å². The van der Waals surface area contributed by atoms with Gasteiger partial charge in [-0.2, -0.15) is 0 Å². The van der Waals surface area contributed by atoms with Crippen molar-refractivity contribution in [2.45, 2.75) is 13.8 Å². The number of carbonyl (C=O) groups is 2. The summed E-state index contributed by atoms with van der Waals surface area (Å²) in [5, 5.41) is 3.06. The largest absolute Gasteiger partial charge is 0.495 e. The van der Waals surface area contributed by atoms with E-state index >= 15 is 0 Å². The number of hydrogen-bond acceptors (Lipinski definition) is 4. The second-order valence-electron chi connectivity index (χ2n) is 5.27. The van der Waals surface area contributed by atoms with Gasteiger partial charge in [-0.05, 0) is 55.3 Å². The van der Waals surface area contributed by atoms with Gasteiger partial charge in [0.05, 0.1) is 18.4 Å². The number of nitrogens with one attached hydrogen (secondary N) is 1. The van der Waals surface area contributed by atoms with Gasteiger partial charge in [0.1, 0.15) is 5.75 Å². The lowest BCUT2D eigenvalue weighted by Crippen LogP contribution is -2.21. The molecule has 1 N–H and O–H groups in total. The molecule has 2 rings (SSSR count). The van der Waals surface area contributed by atoms with Crippen LogP contribution in [0.15, 0.2) is 36.4 Å². The lowest BCUT2D eigenvalue weighted by Gasteiger charge is -2.11. The fraction of sp³-hybridized carbons (Fsp3) is 0.222. The average molecular weight is 348 g/mol. The van der Waals surface area contributed by atoms with Crippen LogP contribution in [-0.4, -0.2) is 25.6 Å². The second-order valence-corrected chi connectivity index (χ2v) is 5.70. The first-order valence-corrected chi connectivity index (χ1v) is 7.66. The third-order valence-electron chi connectivity index (χ3n) is 3.51. The summed E-state index contributed by atoms with van der Waals surface area (Å²) in [4.78, 5) is 24.0. The standard InChI is InChI=1S/C18H18ClNO4/c1-11-4-5-13(8-12(11)2)18(22)24-10-17(21)20-15-9-14(19)6-7-16(15)23-3/h4-9H,10H2,1-3H3,(H,20,21). The van der Waals surface area contributed by atoms with E-state index in [4.69, 9.17) is 21.1 Å². The Labute approximate surface area is 145 Å². The number of aryl methyl sites for hydroxylation is 2. The van der Waals surface area contributed by atoms with E-state index in [2.05, 4.69) is 5.32 Å². The molecule has 0 radical (unpaired) electrons. The van der Waals surface area contributed by atoms with Crippen molar-refractivity contribution in [3.8, 4) is 5.75 Å². The van der Waals surface area contributed by atoms with E-state index in [1.54, 1.807) is 30.3 Å². The monoisotopic (exact) mass is 347 g/mol. The molecule has 6 heteroatoms. The first-order chi connectivity index (χ1) is 11.4. The quantitative estimate of drug-likeness (QED) is 0.836. The van der Waals surface area contributed by atoms with E-state index in [0.29, 0.717) is 22.0 Å². The minimum Gasteiger partial charge on any atom is -0.495 e. The van der Waals surface area contributed by atoms with Gasteiger partial charge in [-0.15, -0.1) is 0 Å². The lowest BCUT2D eigenvalue weighted by atomic mass is 10.1. The zero-order chi connectivity index (χ0) is 17.7. The van der Waals surface area contributed by atoms with E-state index in [9.17, 15) is 9.59 Å². The number of hydrogen-bond donors (Lipinski definition) is 1. The average Bonchev–Trinajstić information content (AvgIpc) is 2.55. The molecule has 0 atom stereocenters. The highest BCUT2D eigenvalue weighted by atomic mass is 35.5. The Morgan fingerprint density at radius 3 is 2.50 bits per heavy atom. The van der Waals surface area contributed by atoms with Crippen LogP contribution in [0.1, 0.15) is 21.5 Å². The molecule has 1 amide bonds. The van der Waals surface area contributed by atoms with Gasteiger partial charge in [-0.3, -0.25) is 4.79 Å². The fourth-order valence-corrected chi connectivity index (χ4v) is 2.22. The summed E-state index contributed by atoms with van der Waals surface area (Å²) >= 11 is 5.90. The summed E-state index contributed by atoms with van der Waals surface area (Å²) in [5.74, 6) is -0.563. The molecule has 2 aromatic carbocycles. The highest BCUT2D eigenvalue weighted by Crippen LogP contribution is 2.27. The van der Waals surface area contributed by atoms with E-state index < -0.39 is 18.5 Å². The van der Waals surface area contributed by atoms with E-state index in [-0.39, 0.29) is 0 Å². The molecule has 0 spiro atoms. The number of esters is 1. The number of halogens is 1. The van der Waals surface area contributed by atoms with Gasteiger partial charge in [0.15, 0.2) is 6.61 Å².